The first-order valence-electron chi connectivity index (χ1n) is 8.58. The predicted octanol–water partition coefficient (Wildman–Crippen LogP) is 2.57. The molecule has 0 aliphatic rings. The number of esters is 1. The van der Waals surface area contributed by atoms with Crippen LogP contribution in [-0.2, 0) is 16.1 Å². The number of hydrogen-bond donors (Lipinski definition) is 1. The average Bonchev–Trinajstić information content (AvgIpc) is 3.15. The highest BCUT2D eigenvalue weighted by Crippen LogP contribution is 2.27. The number of nitrogens with zero attached hydrogens (tertiary/aromatic N) is 2. The fourth-order valence-electron chi connectivity index (χ4n) is 2.51. The summed E-state index contributed by atoms with van der Waals surface area (Å²) >= 11 is 1.31. The summed E-state index contributed by atoms with van der Waals surface area (Å²) in [6.07, 6.45) is 1.47. The first-order chi connectivity index (χ1) is 13.5. The van der Waals surface area contributed by atoms with Crippen molar-refractivity contribution >= 4 is 28.1 Å². The zero-order valence-corrected chi connectivity index (χ0v) is 15.9. The molecule has 8 nitrogen and oxygen atoms in total. The summed E-state index contributed by atoms with van der Waals surface area (Å²) < 4.78 is 11.8. The van der Waals surface area contributed by atoms with Crippen LogP contribution in [0.15, 0.2) is 40.6 Å². The molecule has 3 aromatic rings. The first kappa shape index (κ1) is 19.6. The molecule has 3 rings (SSSR count). The van der Waals surface area contributed by atoms with Crippen molar-refractivity contribution in [3.63, 3.8) is 0 Å². The number of benzene rings is 1. The van der Waals surface area contributed by atoms with Crippen LogP contribution in [-0.4, -0.2) is 32.9 Å². The van der Waals surface area contributed by atoms with Crippen molar-refractivity contribution in [2.75, 3.05) is 6.61 Å². The Bertz CT molecular complexity index is 1070. The standard InChI is InChI=1S/C19H18N2O6S/c1-2-26-16-9-12(3-4-15(16)23)14(22)5-6-18(25)27-11-13-10-17(24)21-7-8-28-19(21)20-13/h3-4,7-10,23H,2,5-6,11H2,1H3. The second-order valence-corrected chi connectivity index (χ2v) is 6.71. The molecule has 2 heterocycles. The van der Waals surface area contributed by atoms with E-state index in [1.165, 1.54) is 40.0 Å². The van der Waals surface area contributed by atoms with E-state index < -0.39 is 5.97 Å². The Morgan fingerprint density at radius 1 is 1.25 bits per heavy atom. The van der Waals surface area contributed by atoms with Gasteiger partial charge in [0.2, 0.25) is 0 Å². The van der Waals surface area contributed by atoms with Crippen LogP contribution < -0.4 is 10.3 Å². The summed E-state index contributed by atoms with van der Waals surface area (Å²) in [5.74, 6) is -0.666. The van der Waals surface area contributed by atoms with E-state index in [0.29, 0.717) is 22.8 Å². The Hall–Kier alpha value is -3.20. The molecule has 0 amide bonds. The van der Waals surface area contributed by atoms with Crippen molar-refractivity contribution in [3.8, 4) is 11.5 Å². The average molecular weight is 402 g/mol. The van der Waals surface area contributed by atoms with Gasteiger partial charge in [-0.3, -0.25) is 18.8 Å². The molecular weight excluding hydrogens is 384 g/mol. The number of ether oxygens (including phenoxy) is 2. The van der Waals surface area contributed by atoms with Crippen molar-refractivity contribution in [1.82, 2.24) is 9.38 Å². The highest BCUT2D eigenvalue weighted by Gasteiger charge is 2.14. The fourth-order valence-corrected chi connectivity index (χ4v) is 3.25. The lowest BCUT2D eigenvalue weighted by molar-refractivity contribution is -0.145. The molecule has 0 saturated heterocycles. The van der Waals surface area contributed by atoms with Gasteiger partial charge in [-0.1, -0.05) is 0 Å². The van der Waals surface area contributed by atoms with Crippen molar-refractivity contribution in [2.24, 2.45) is 0 Å². The highest BCUT2D eigenvalue weighted by atomic mass is 32.1. The number of ketones is 1. The lowest BCUT2D eigenvalue weighted by Gasteiger charge is -2.08. The van der Waals surface area contributed by atoms with Crippen LogP contribution in [0.25, 0.3) is 4.96 Å². The number of phenolic OH excluding ortho intramolecular Hbond substituents is 1. The molecule has 2 aromatic heterocycles. The van der Waals surface area contributed by atoms with Gasteiger partial charge in [-0.05, 0) is 25.1 Å². The highest BCUT2D eigenvalue weighted by molar-refractivity contribution is 7.15. The molecule has 1 N–H and O–H groups in total. The summed E-state index contributed by atoms with van der Waals surface area (Å²) in [4.78, 5) is 40.8. The summed E-state index contributed by atoms with van der Waals surface area (Å²) in [7, 11) is 0. The van der Waals surface area contributed by atoms with Crippen LogP contribution in [0.5, 0.6) is 11.5 Å². The Labute approximate surface area is 164 Å². The number of rotatable bonds is 8. The molecule has 0 radical (unpaired) electrons. The van der Waals surface area contributed by atoms with Gasteiger partial charge in [0, 0.05) is 29.6 Å². The van der Waals surface area contributed by atoms with E-state index in [9.17, 15) is 19.5 Å². The van der Waals surface area contributed by atoms with Crippen molar-refractivity contribution in [2.45, 2.75) is 26.4 Å². The number of hydrogen-bond acceptors (Lipinski definition) is 8. The molecule has 0 spiro atoms. The van der Waals surface area contributed by atoms with E-state index >= 15 is 0 Å². The molecule has 0 aliphatic carbocycles. The normalized spacial score (nSPS) is 10.8. The molecule has 1 aromatic carbocycles. The summed E-state index contributed by atoms with van der Waals surface area (Å²) in [6.45, 7) is 1.99. The third kappa shape index (κ3) is 4.55. The number of phenols is 1. The summed E-state index contributed by atoms with van der Waals surface area (Å²) in [6, 6.07) is 5.60. The van der Waals surface area contributed by atoms with Crippen LogP contribution in [0, 0.1) is 0 Å². The van der Waals surface area contributed by atoms with Crippen LogP contribution in [0.1, 0.15) is 35.8 Å². The monoisotopic (exact) mass is 402 g/mol. The van der Waals surface area contributed by atoms with Gasteiger partial charge in [-0.25, -0.2) is 4.98 Å². The minimum atomic E-state index is -0.565. The molecule has 0 aliphatic heterocycles. The number of thiazole rings is 1. The van der Waals surface area contributed by atoms with Gasteiger partial charge in [0.05, 0.1) is 18.7 Å². The molecule has 0 bridgehead atoms. The molecule has 0 saturated carbocycles. The molecule has 146 valence electrons. The van der Waals surface area contributed by atoms with E-state index in [4.69, 9.17) is 9.47 Å². The van der Waals surface area contributed by atoms with Gasteiger partial charge in [0.15, 0.2) is 22.2 Å². The van der Waals surface area contributed by atoms with Crippen molar-refractivity contribution in [1.29, 1.82) is 0 Å². The topological polar surface area (TPSA) is 107 Å². The van der Waals surface area contributed by atoms with Crippen molar-refractivity contribution < 1.29 is 24.2 Å². The van der Waals surface area contributed by atoms with E-state index in [2.05, 4.69) is 4.98 Å². The third-order valence-corrected chi connectivity index (χ3v) is 4.63. The molecule has 28 heavy (non-hydrogen) atoms. The van der Waals surface area contributed by atoms with Gasteiger partial charge >= 0.3 is 5.97 Å². The van der Waals surface area contributed by atoms with Crippen molar-refractivity contribution in [3.05, 3.63) is 57.5 Å². The van der Waals surface area contributed by atoms with Crippen LogP contribution in [0.4, 0.5) is 0 Å². The second-order valence-electron chi connectivity index (χ2n) is 5.84. The van der Waals surface area contributed by atoms with E-state index in [-0.39, 0.29) is 42.3 Å². The lowest BCUT2D eigenvalue weighted by Crippen LogP contribution is -2.15. The quantitative estimate of drug-likeness (QED) is 0.456. The lowest BCUT2D eigenvalue weighted by atomic mass is 10.1. The fraction of sp³-hybridized carbons (Fsp3) is 0.263. The minimum absolute atomic E-state index is 0.0464. The Balaban J connectivity index is 1.54. The largest absolute Gasteiger partial charge is 0.504 e. The predicted molar refractivity (Wildman–Crippen MR) is 102 cm³/mol. The number of aromatic nitrogens is 2. The number of aromatic hydroxyl groups is 1. The second kappa shape index (κ2) is 8.66. The molecule has 9 heteroatoms. The van der Waals surface area contributed by atoms with E-state index in [1.807, 2.05) is 0 Å². The maximum Gasteiger partial charge on any atom is 0.306 e. The molecular formula is C19H18N2O6S. The Morgan fingerprint density at radius 3 is 2.86 bits per heavy atom. The van der Waals surface area contributed by atoms with E-state index in [0.717, 1.165) is 0 Å². The Kier molecular flexibility index (Phi) is 6.05. The van der Waals surface area contributed by atoms with Crippen LogP contribution in [0.2, 0.25) is 0 Å². The molecule has 0 unspecified atom stereocenters. The Morgan fingerprint density at radius 2 is 2.07 bits per heavy atom. The summed E-state index contributed by atoms with van der Waals surface area (Å²) in [5.41, 5.74) is 0.448. The van der Waals surface area contributed by atoms with Gasteiger partial charge in [-0.15, -0.1) is 11.3 Å². The van der Waals surface area contributed by atoms with Gasteiger partial charge in [-0.2, -0.15) is 0 Å². The zero-order valence-electron chi connectivity index (χ0n) is 15.1. The molecule has 0 fully saturated rings. The molecule has 0 atom stereocenters. The van der Waals surface area contributed by atoms with Gasteiger partial charge in [0.25, 0.3) is 5.56 Å². The minimum Gasteiger partial charge on any atom is -0.504 e. The van der Waals surface area contributed by atoms with Crippen LogP contribution in [0.3, 0.4) is 0 Å². The number of fused-ring (bicyclic) bond motifs is 1. The number of Topliss-reactive ketones (excluding diaryl/α,β-unsaturated/α-hetero) is 1. The number of carbonyl (C=O) groups is 2. The van der Waals surface area contributed by atoms with Gasteiger partial charge in [0.1, 0.15) is 6.61 Å². The van der Waals surface area contributed by atoms with Crippen LogP contribution >= 0.6 is 11.3 Å². The van der Waals surface area contributed by atoms with Gasteiger partial charge < -0.3 is 14.6 Å². The first-order valence-corrected chi connectivity index (χ1v) is 9.46. The smallest absolute Gasteiger partial charge is 0.306 e. The number of carbonyl (C=O) groups excluding carboxylic acids is 2. The van der Waals surface area contributed by atoms with E-state index in [1.54, 1.807) is 18.5 Å². The third-order valence-electron chi connectivity index (χ3n) is 3.88. The summed E-state index contributed by atoms with van der Waals surface area (Å²) in [5, 5.41) is 11.4. The SMILES string of the molecule is CCOc1cc(C(=O)CCC(=O)OCc2cc(=O)n3ccsc3n2)ccc1O. The maximum absolute atomic E-state index is 12.3. The maximum atomic E-state index is 12.3. The zero-order chi connectivity index (χ0) is 20.1.